The number of allylic oxidation sites excluding steroid dienone is 1. The van der Waals surface area contributed by atoms with Crippen LogP contribution in [0.15, 0.2) is 35.5 Å². The van der Waals surface area contributed by atoms with E-state index in [1.54, 1.807) is 38.2 Å². The van der Waals surface area contributed by atoms with Crippen molar-refractivity contribution in [2.75, 3.05) is 26.9 Å². The molecular weight excluding hydrogens is 332 g/mol. The Hall–Kier alpha value is -2.05. The van der Waals surface area contributed by atoms with Crippen molar-refractivity contribution in [2.24, 2.45) is 0 Å². The van der Waals surface area contributed by atoms with Gasteiger partial charge in [-0.15, -0.1) is 0 Å². The van der Waals surface area contributed by atoms with Gasteiger partial charge in [-0.05, 0) is 31.5 Å². The number of amides is 2. The van der Waals surface area contributed by atoms with Gasteiger partial charge in [-0.3, -0.25) is 0 Å². The molecule has 1 aromatic carbocycles. The number of esters is 1. The third-order valence-corrected chi connectivity index (χ3v) is 4.09. The van der Waals surface area contributed by atoms with Crippen LogP contribution in [0.4, 0.5) is 4.79 Å². The van der Waals surface area contributed by atoms with Gasteiger partial charge in [-0.1, -0.05) is 23.7 Å². The van der Waals surface area contributed by atoms with Crippen LogP contribution < -0.4 is 5.32 Å². The molecule has 7 heteroatoms. The Morgan fingerprint density at radius 2 is 1.96 bits per heavy atom. The number of nitrogens with one attached hydrogen (secondary N) is 1. The Kier molecular flexibility index (Phi) is 6.23. The molecule has 0 aliphatic carbocycles. The summed E-state index contributed by atoms with van der Waals surface area (Å²) in [7, 11) is 1.61. The third-order valence-electron chi connectivity index (χ3n) is 3.84. The van der Waals surface area contributed by atoms with E-state index in [4.69, 9.17) is 21.1 Å². The number of rotatable bonds is 6. The first-order valence-electron chi connectivity index (χ1n) is 7.71. The van der Waals surface area contributed by atoms with Gasteiger partial charge in [0, 0.05) is 24.4 Å². The minimum atomic E-state index is -0.578. The van der Waals surface area contributed by atoms with Crippen LogP contribution in [-0.4, -0.2) is 43.8 Å². The number of ether oxygens (including phenoxy) is 2. The Balaban J connectivity index is 2.28. The molecule has 6 nitrogen and oxygen atoms in total. The fourth-order valence-corrected chi connectivity index (χ4v) is 2.55. The van der Waals surface area contributed by atoms with E-state index < -0.39 is 12.0 Å². The van der Waals surface area contributed by atoms with Crippen molar-refractivity contribution in [2.45, 2.75) is 19.9 Å². The maximum Gasteiger partial charge on any atom is 0.338 e. The molecule has 0 spiro atoms. The van der Waals surface area contributed by atoms with Gasteiger partial charge in [0.05, 0.1) is 18.2 Å². The lowest BCUT2D eigenvalue weighted by molar-refractivity contribution is -0.141. The molecule has 0 unspecified atom stereocenters. The van der Waals surface area contributed by atoms with Crippen molar-refractivity contribution < 1.29 is 19.1 Å². The molecule has 1 atom stereocenters. The minimum Gasteiger partial charge on any atom is -0.460 e. The maximum atomic E-state index is 12.5. The summed E-state index contributed by atoms with van der Waals surface area (Å²) >= 11 is 5.92. The first-order valence-corrected chi connectivity index (χ1v) is 8.08. The van der Waals surface area contributed by atoms with Gasteiger partial charge >= 0.3 is 12.0 Å². The smallest absolute Gasteiger partial charge is 0.338 e. The largest absolute Gasteiger partial charge is 0.460 e. The van der Waals surface area contributed by atoms with Gasteiger partial charge in [0.15, 0.2) is 0 Å². The molecule has 1 N–H and O–H groups in total. The number of benzene rings is 1. The topological polar surface area (TPSA) is 67.9 Å². The normalized spacial score (nSPS) is 17.8. The lowest BCUT2D eigenvalue weighted by Gasteiger charge is -2.33. The summed E-state index contributed by atoms with van der Waals surface area (Å²) in [5.41, 5.74) is 1.72. The quantitative estimate of drug-likeness (QED) is 0.631. The zero-order chi connectivity index (χ0) is 17.7. The number of halogens is 1. The van der Waals surface area contributed by atoms with Crippen molar-refractivity contribution in [1.82, 2.24) is 10.2 Å². The molecule has 0 aromatic heterocycles. The highest BCUT2D eigenvalue weighted by Crippen LogP contribution is 2.31. The van der Waals surface area contributed by atoms with Gasteiger partial charge in [-0.25, -0.2) is 9.59 Å². The van der Waals surface area contributed by atoms with E-state index >= 15 is 0 Å². The predicted octanol–water partition coefficient (Wildman–Crippen LogP) is 2.89. The highest BCUT2D eigenvalue weighted by atomic mass is 35.5. The van der Waals surface area contributed by atoms with Crippen LogP contribution in [0, 0.1) is 0 Å². The van der Waals surface area contributed by atoms with Crippen molar-refractivity contribution in [3.05, 3.63) is 46.1 Å². The lowest BCUT2D eigenvalue weighted by Crippen LogP contribution is -2.46. The Morgan fingerprint density at radius 3 is 2.58 bits per heavy atom. The fourth-order valence-electron chi connectivity index (χ4n) is 2.42. The first-order chi connectivity index (χ1) is 11.5. The number of carbonyl (C=O) groups is 2. The number of nitrogens with zero attached hydrogens (tertiary/aromatic N) is 1. The average molecular weight is 353 g/mol. The van der Waals surface area contributed by atoms with Gasteiger partial charge in [0.25, 0.3) is 0 Å². The molecule has 0 fully saturated rings. The molecule has 1 aromatic rings. The predicted molar refractivity (Wildman–Crippen MR) is 90.6 cm³/mol. The van der Waals surface area contributed by atoms with E-state index in [0.29, 0.717) is 29.5 Å². The number of carbonyl (C=O) groups excluding carboxylic acids is 2. The van der Waals surface area contributed by atoms with Crippen LogP contribution in [0.3, 0.4) is 0 Å². The van der Waals surface area contributed by atoms with Gasteiger partial charge in [0.2, 0.25) is 0 Å². The Bertz CT molecular complexity index is 642. The molecule has 0 bridgehead atoms. The summed E-state index contributed by atoms with van der Waals surface area (Å²) in [4.78, 5) is 26.0. The molecule has 1 heterocycles. The average Bonchev–Trinajstić information content (AvgIpc) is 2.57. The molecule has 1 aliphatic heterocycles. The number of hydrogen-bond acceptors (Lipinski definition) is 4. The summed E-state index contributed by atoms with van der Waals surface area (Å²) in [6.45, 7) is 4.65. The van der Waals surface area contributed by atoms with Crippen molar-refractivity contribution in [3.63, 3.8) is 0 Å². The highest BCUT2D eigenvalue weighted by molar-refractivity contribution is 6.30. The molecule has 0 saturated carbocycles. The van der Waals surface area contributed by atoms with E-state index in [9.17, 15) is 9.59 Å². The first kappa shape index (κ1) is 18.3. The van der Waals surface area contributed by atoms with Gasteiger partial charge in [-0.2, -0.15) is 0 Å². The van der Waals surface area contributed by atoms with E-state index in [1.807, 2.05) is 6.92 Å². The lowest BCUT2D eigenvalue weighted by atomic mass is 9.95. The SMILES string of the molecule is CCOCCOC(=O)C1=C(C)N(C)C(=O)N[C@H]1c1ccc(Cl)cc1. The van der Waals surface area contributed by atoms with Crippen LogP contribution >= 0.6 is 11.6 Å². The summed E-state index contributed by atoms with van der Waals surface area (Å²) in [6.07, 6.45) is 0. The van der Waals surface area contributed by atoms with Crippen molar-refractivity contribution in [1.29, 1.82) is 0 Å². The maximum absolute atomic E-state index is 12.5. The molecule has 1 aliphatic rings. The zero-order valence-electron chi connectivity index (χ0n) is 14.0. The zero-order valence-corrected chi connectivity index (χ0v) is 14.7. The highest BCUT2D eigenvalue weighted by Gasteiger charge is 2.34. The molecule has 2 rings (SSSR count). The Labute approximate surface area is 146 Å². The van der Waals surface area contributed by atoms with Crippen LogP contribution in [-0.2, 0) is 14.3 Å². The molecular formula is C17H21ClN2O4. The minimum absolute atomic E-state index is 0.161. The van der Waals surface area contributed by atoms with Gasteiger partial charge in [0.1, 0.15) is 6.61 Å². The molecule has 0 saturated heterocycles. The van der Waals surface area contributed by atoms with Crippen LogP contribution in [0.1, 0.15) is 25.5 Å². The van der Waals surface area contributed by atoms with E-state index in [-0.39, 0.29) is 12.6 Å². The van der Waals surface area contributed by atoms with E-state index in [2.05, 4.69) is 5.32 Å². The van der Waals surface area contributed by atoms with Crippen LogP contribution in [0.5, 0.6) is 0 Å². The van der Waals surface area contributed by atoms with Crippen molar-refractivity contribution >= 4 is 23.6 Å². The standard InChI is InChI=1S/C17H21ClN2O4/c1-4-23-9-10-24-16(21)14-11(2)20(3)17(22)19-15(14)12-5-7-13(18)8-6-12/h5-8,15H,4,9-10H2,1-3H3,(H,19,22)/t15-/m0/s1. The second kappa shape index (κ2) is 8.17. The van der Waals surface area contributed by atoms with Crippen LogP contribution in [0.25, 0.3) is 0 Å². The number of urea groups is 1. The summed E-state index contributed by atoms with van der Waals surface area (Å²) in [6, 6.07) is 6.13. The van der Waals surface area contributed by atoms with Crippen LogP contribution in [0.2, 0.25) is 5.02 Å². The summed E-state index contributed by atoms with van der Waals surface area (Å²) in [5.74, 6) is -0.473. The van der Waals surface area contributed by atoms with Gasteiger partial charge < -0.3 is 19.7 Å². The molecule has 2 amide bonds. The second-order valence-corrected chi connectivity index (χ2v) is 5.76. The van der Waals surface area contributed by atoms with E-state index in [0.717, 1.165) is 5.56 Å². The summed E-state index contributed by atoms with van der Waals surface area (Å²) in [5, 5.41) is 3.40. The van der Waals surface area contributed by atoms with E-state index in [1.165, 1.54) is 4.90 Å². The number of hydrogen-bond donors (Lipinski definition) is 1. The Morgan fingerprint density at radius 1 is 1.29 bits per heavy atom. The van der Waals surface area contributed by atoms with Crippen molar-refractivity contribution in [3.8, 4) is 0 Å². The third kappa shape index (κ3) is 4.07. The molecule has 24 heavy (non-hydrogen) atoms. The summed E-state index contributed by atoms with van der Waals surface area (Å²) < 4.78 is 10.5. The second-order valence-electron chi connectivity index (χ2n) is 5.32. The fraction of sp³-hybridized carbons (Fsp3) is 0.412. The monoisotopic (exact) mass is 352 g/mol. The molecule has 0 radical (unpaired) electrons. The molecule has 130 valence electrons.